The first-order valence-electron chi connectivity index (χ1n) is 3.32. The van der Waals surface area contributed by atoms with Gasteiger partial charge < -0.3 is 20.1 Å². The molecule has 1 saturated heterocycles. The van der Waals surface area contributed by atoms with Crippen LogP contribution >= 0.6 is 0 Å². The van der Waals surface area contributed by atoms with Crippen molar-refractivity contribution in [3.63, 3.8) is 0 Å². The van der Waals surface area contributed by atoms with Crippen LogP contribution < -0.4 is 0 Å². The van der Waals surface area contributed by atoms with Crippen LogP contribution in [0, 0.1) is 0 Å². The zero-order valence-corrected chi connectivity index (χ0v) is 5.80. The fraction of sp³-hybridized carbons (Fsp3) is 0.833. The third-order valence-electron chi connectivity index (χ3n) is 1.61. The Morgan fingerprint density at radius 1 is 1.55 bits per heavy atom. The van der Waals surface area contributed by atoms with Crippen LogP contribution in [0.1, 0.15) is 6.42 Å². The van der Waals surface area contributed by atoms with Gasteiger partial charge in [-0.25, -0.2) is 4.79 Å². The van der Waals surface area contributed by atoms with Gasteiger partial charge in [0.15, 0.2) is 12.2 Å². The molecule has 1 fully saturated rings. The van der Waals surface area contributed by atoms with E-state index in [0.29, 0.717) is 0 Å². The molecule has 3 N–H and O–H groups in total. The van der Waals surface area contributed by atoms with Crippen LogP contribution in [0.3, 0.4) is 0 Å². The number of esters is 1. The molecule has 1 rings (SSSR count). The lowest BCUT2D eigenvalue weighted by molar-refractivity contribution is -0.183. The molecule has 5 nitrogen and oxygen atoms in total. The summed E-state index contributed by atoms with van der Waals surface area (Å²) in [5.41, 5.74) is 0. The molecule has 1 heterocycles. The maximum Gasteiger partial charge on any atom is 0.335 e. The Bertz CT molecular complexity index is 157. The van der Waals surface area contributed by atoms with Crippen molar-refractivity contribution < 1.29 is 24.9 Å². The van der Waals surface area contributed by atoms with Gasteiger partial charge in [-0.05, 0) is 0 Å². The summed E-state index contributed by atoms with van der Waals surface area (Å²) in [6, 6.07) is 0. The lowest BCUT2D eigenvalue weighted by Gasteiger charge is -2.28. The van der Waals surface area contributed by atoms with Gasteiger partial charge in [0, 0.05) is 6.42 Å². The van der Waals surface area contributed by atoms with E-state index in [1.807, 2.05) is 0 Å². The van der Waals surface area contributed by atoms with Gasteiger partial charge in [-0.1, -0.05) is 0 Å². The summed E-state index contributed by atoms with van der Waals surface area (Å²) in [6.45, 7) is -0.417. The molecule has 64 valence electrons. The first kappa shape index (κ1) is 8.45. The number of aliphatic hydroxyl groups is 3. The summed E-state index contributed by atoms with van der Waals surface area (Å²) >= 11 is 0. The van der Waals surface area contributed by atoms with Crippen molar-refractivity contribution in [3.05, 3.63) is 0 Å². The number of rotatable bonds is 1. The van der Waals surface area contributed by atoms with E-state index in [2.05, 4.69) is 4.74 Å². The molecule has 0 aromatic rings. The highest BCUT2D eigenvalue weighted by Gasteiger charge is 2.34. The van der Waals surface area contributed by atoms with Gasteiger partial charge in [0.25, 0.3) is 0 Å². The van der Waals surface area contributed by atoms with E-state index in [1.165, 1.54) is 0 Å². The summed E-state index contributed by atoms with van der Waals surface area (Å²) in [5.74, 6) is -0.783. The van der Waals surface area contributed by atoms with E-state index in [0.717, 1.165) is 0 Å². The lowest BCUT2D eigenvalue weighted by Crippen LogP contribution is -2.46. The molecule has 3 atom stereocenters. The Kier molecular flexibility index (Phi) is 2.43. The Morgan fingerprint density at radius 2 is 2.18 bits per heavy atom. The van der Waals surface area contributed by atoms with Crippen molar-refractivity contribution in [2.75, 3.05) is 6.61 Å². The maximum absolute atomic E-state index is 10.6. The van der Waals surface area contributed by atoms with Crippen LogP contribution in [0.5, 0.6) is 0 Å². The average molecular weight is 162 g/mol. The van der Waals surface area contributed by atoms with Gasteiger partial charge in [0.1, 0.15) is 0 Å². The van der Waals surface area contributed by atoms with E-state index in [-0.39, 0.29) is 6.42 Å². The number of hydrogen-bond donors (Lipinski definition) is 3. The first-order valence-corrected chi connectivity index (χ1v) is 3.32. The second-order valence-corrected chi connectivity index (χ2v) is 2.48. The van der Waals surface area contributed by atoms with Crippen molar-refractivity contribution in [1.29, 1.82) is 0 Å². The Balaban J connectivity index is 2.54. The zero-order valence-electron chi connectivity index (χ0n) is 5.80. The second-order valence-electron chi connectivity index (χ2n) is 2.48. The Labute approximate surface area is 63.2 Å². The Hall–Kier alpha value is -0.650. The van der Waals surface area contributed by atoms with E-state index < -0.39 is 30.9 Å². The van der Waals surface area contributed by atoms with E-state index in [4.69, 9.17) is 15.3 Å². The number of carbonyl (C=O) groups excluding carboxylic acids is 1. The molecule has 0 aliphatic carbocycles. The van der Waals surface area contributed by atoms with Crippen LogP contribution in [0.25, 0.3) is 0 Å². The van der Waals surface area contributed by atoms with Crippen molar-refractivity contribution in [1.82, 2.24) is 0 Å². The molecule has 0 aromatic heterocycles. The average Bonchev–Trinajstić information content (AvgIpc) is 1.97. The molecule has 0 radical (unpaired) electrons. The number of aliphatic hydroxyl groups excluding tert-OH is 3. The summed E-state index contributed by atoms with van der Waals surface area (Å²) in [4.78, 5) is 10.6. The number of carbonyl (C=O) groups is 1. The number of hydrogen-bond acceptors (Lipinski definition) is 5. The monoisotopic (exact) mass is 162 g/mol. The molecule has 5 heteroatoms. The lowest BCUT2D eigenvalue weighted by atomic mass is 10.0. The molecule has 1 aliphatic heterocycles. The molecule has 0 spiro atoms. The number of ether oxygens (including phenoxy) is 1. The minimum absolute atomic E-state index is 0.0654. The molecule has 0 saturated carbocycles. The fourth-order valence-corrected chi connectivity index (χ4v) is 0.942. The molecule has 0 aromatic carbocycles. The smallest absolute Gasteiger partial charge is 0.335 e. The van der Waals surface area contributed by atoms with Gasteiger partial charge >= 0.3 is 5.97 Å². The topological polar surface area (TPSA) is 87.0 Å². The van der Waals surface area contributed by atoms with Crippen molar-refractivity contribution >= 4 is 5.97 Å². The normalized spacial score (nSPS) is 38.5. The summed E-state index contributed by atoms with van der Waals surface area (Å²) < 4.78 is 4.47. The molecule has 0 bridgehead atoms. The van der Waals surface area contributed by atoms with E-state index in [9.17, 15) is 4.79 Å². The van der Waals surface area contributed by atoms with Crippen LogP contribution in [0.4, 0.5) is 0 Å². The van der Waals surface area contributed by atoms with Crippen molar-refractivity contribution in [2.45, 2.75) is 24.7 Å². The van der Waals surface area contributed by atoms with Gasteiger partial charge in [-0.2, -0.15) is 0 Å². The minimum Gasteiger partial charge on any atom is -0.455 e. The van der Waals surface area contributed by atoms with Gasteiger partial charge in [0.05, 0.1) is 12.7 Å². The van der Waals surface area contributed by atoms with Crippen LogP contribution in [-0.4, -0.2) is 46.2 Å². The second kappa shape index (κ2) is 3.17. The Morgan fingerprint density at radius 3 is 2.73 bits per heavy atom. The highest BCUT2D eigenvalue weighted by Crippen LogP contribution is 2.14. The largest absolute Gasteiger partial charge is 0.455 e. The molecule has 1 aliphatic rings. The van der Waals surface area contributed by atoms with Crippen LogP contribution in [-0.2, 0) is 9.53 Å². The summed E-state index contributed by atoms with van der Waals surface area (Å²) in [6.07, 6.45) is -3.17. The quantitative estimate of drug-likeness (QED) is 0.389. The van der Waals surface area contributed by atoms with Crippen molar-refractivity contribution in [2.24, 2.45) is 0 Å². The van der Waals surface area contributed by atoms with E-state index >= 15 is 0 Å². The number of cyclic esters (lactones) is 1. The van der Waals surface area contributed by atoms with Gasteiger partial charge in [0.2, 0.25) is 0 Å². The first-order chi connectivity index (χ1) is 5.15. The highest BCUT2D eigenvalue weighted by molar-refractivity contribution is 5.75. The van der Waals surface area contributed by atoms with Gasteiger partial charge in [-0.3, -0.25) is 0 Å². The molecular formula is C6H10O5. The third kappa shape index (κ3) is 1.68. The van der Waals surface area contributed by atoms with E-state index in [1.54, 1.807) is 0 Å². The predicted molar refractivity (Wildman–Crippen MR) is 33.6 cm³/mol. The zero-order chi connectivity index (χ0) is 8.43. The van der Waals surface area contributed by atoms with Crippen LogP contribution in [0.15, 0.2) is 0 Å². The fourth-order valence-electron chi connectivity index (χ4n) is 0.942. The van der Waals surface area contributed by atoms with Crippen LogP contribution in [0.2, 0.25) is 0 Å². The molecule has 0 unspecified atom stereocenters. The summed E-state index contributed by atoms with van der Waals surface area (Å²) in [5, 5.41) is 26.5. The third-order valence-corrected chi connectivity index (χ3v) is 1.61. The van der Waals surface area contributed by atoms with Crippen molar-refractivity contribution in [3.8, 4) is 0 Å². The maximum atomic E-state index is 10.6. The predicted octanol–water partition coefficient (Wildman–Crippen LogP) is -1.98. The standard InChI is InChI=1S/C6H10O5/c7-2-5-3(8)1-4(9)6(10)11-5/h3-5,7-9H,1-2H2/t3-,4-,5-/m1/s1. The van der Waals surface area contributed by atoms with Gasteiger partial charge in [-0.15, -0.1) is 0 Å². The molecular weight excluding hydrogens is 152 g/mol. The minimum atomic E-state index is -1.26. The molecule has 11 heavy (non-hydrogen) atoms. The molecule has 0 amide bonds. The highest BCUT2D eigenvalue weighted by atomic mass is 16.6. The summed E-state index contributed by atoms with van der Waals surface area (Å²) in [7, 11) is 0. The SMILES string of the molecule is O=C1O[C@H](CO)[C@H](O)C[C@H]1O.